The van der Waals surface area contributed by atoms with E-state index < -0.39 is 0 Å². The molecule has 0 radical (unpaired) electrons. The highest BCUT2D eigenvalue weighted by Gasteiger charge is 2.17. The van der Waals surface area contributed by atoms with Gasteiger partial charge in [0.05, 0.1) is 11.7 Å². The van der Waals surface area contributed by atoms with Gasteiger partial charge in [-0.15, -0.1) is 0 Å². The molecule has 1 unspecified atom stereocenters. The van der Waals surface area contributed by atoms with Crippen molar-refractivity contribution in [2.45, 2.75) is 26.2 Å². The van der Waals surface area contributed by atoms with E-state index in [0.717, 1.165) is 22.9 Å². The highest BCUT2D eigenvalue weighted by atomic mass is 16.1. The van der Waals surface area contributed by atoms with Gasteiger partial charge in [0, 0.05) is 11.3 Å². The van der Waals surface area contributed by atoms with Crippen molar-refractivity contribution in [2.75, 3.05) is 0 Å². The van der Waals surface area contributed by atoms with E-state index in [2.05, 4.69) is 10.2 Å². The van der Waals surface area contributed by atoms with Crippen LogP contribution in [0.2, 0.25) is 0 Å². The van der Waals surface area contributed by atoms with Crippen LogP contribution in [0.5, 0.6) is 0 Å². The third-order valence-corrected chi connectivity index (χ3v) is 2.85. The molecule has 0 saturated carbocycles. The van der Waals surface area contributed by atoms with E-state index in [9.17, 15) is 4.79 Å². The molecule has 0 fully saturated rings. The first-order chi connectivity index (χ1) is 7.74. The van der Waals surface area contributed by atoms with Crippen molar-refractivity contribution in [2.24, 2.45) is 0 Å². The van der Waals surface area contributed by atoms with Crippen LogP contribution in [-0.4, -0.2) is 16.0 Å². The Hall–Kier alpha value is -1.77. The maximum Gasteiger partial charge on any atom is 0.137 e. The number of carbonyl (C=O) groups is 1. The standard InChI is InChI=1S/C13H14N2O/c1-3-10(9(2)16)12-8-14-15-13-7-5-4-6-11(12)13/h4-8,10H,3H2,1-2H3. The fourth-order valence-electron chi connectivity index (χ4n) is 2.03. The van der Waals surface area contributed by atoms with E-state index in [-0.39, 0.29) is 11.7 Å². The van der Waals surface area contributed by atoms with Crippen molar-refractivity contribution in [1.29, 1.82) is 0 Å². The van der Waals surface area contributed by atoms with Crippen molar-refractivity contribution >= 4 is 16.7 Å². The Kier molecular flexibility index (Phi) is 2.95. The van der Waals surface area contributed by atoms with Crippen molar-refractivity contribution in [3.63, 3.8) is 0 Å². The van der Waals surface area contributed by atoms with Gasteiger partial charge in [-0.25, -0.2) is 0 Å². The molecule has 0 N–H and O–H groups in total. The summed E-state index contributed by atoms with van der Waals surface area (Å²) in [5.41, 5.74) is 1.83. The SMILES string of the molecule is CCC(C(C)=O)c1cnnc2ccccc12. The predicted octanol–water partition coefficient (Wildman–Crippen LogP) is 2.71. The van der Waals surface area contributed by atoms with Crippen molar-refractivity contribution in [1.82, 2.24) is 10.2 Å². The molecule has 16 heavy (non-hydrogen) atoms. The lowest BCUT2D eigenvalue weighted by atomic mass is 9.91. The lowest BCUT2D eigenvalue weighted by molar-refractivity contribution is -0.118. The third kappa shape index (κ3) is 1.81. The van der Waals surface area contributed by atoms with Gasteiger partial charge >= 0.3 is 0 Å². The molecule has 1 atom stereocenters. The minimum absolute atomic E-state index is 0.0691. The van der Waals surface area contributed by atoms with E-state index >= 15 is 0 Å². The van der Waals surface area contributed by atoms with Crippen LogP contribution >= 0.6 is 0 Å². The highest BCUT2D eigenvalue weighted by Crippen LogP contribution is 2.26. The van der Waals surface area contributed by atoms with Gasteiger partial charge in [0.1, 0.15) is 5.78 Å². The molecule has 1 aromatic carbocycles. The van der Waals surface area contributed by atoms with Crippen LogP contribution in [0.3, 0.4) is 0 Å². The first-order valence-corrected chi connectivity index (χ1v) is 5.44. The fraction of sp³-hybridized carbons (Fsp3) is 0.308. The van der Waals surface area contributed by atoms with Crippen LogP contribution in [0, 0.1) is 0 Å². The van der Waals surface area contributed by atoms with Crippen LogP contribution in [0.4, 0.5) is 0 Å². The molecule has 0 saturated heterocycles. The van der Waals surface area contributed by atoms with Crippen LogP contribution in [0.15, 0.2) is 30.5 Å². The van der Waals surface area contributed by atoms with Crippen LogP contribution in [0.25, 0.3) is 10.9 Å². The molecule has 3 heteroatoms. The first-order valence-electron chi connectivity index (χ1n) is 5.44. The maximum atomic E-state index is 11.6. The van der Waals surface area contributed by atoms with E-state index in [0.29, 0.717) is 0 Å². The van der Waals surface area contributed by atoms with Gasteiger partial charge in [-0.3, -0.25) is 4.79 Å². The molecular formula is C13H14N2O. The number of benzene rings is 1. The number of carbonyl (C=O) groups excluding carboxylic acids is 1. The molecule has 0 aliphatic heterocycles. The van der Waals surface area contributed by atoms with E-state index in [1.54, 1.807) is 13.1 Å². The quantitative estimate of drug-likeness (QED) is 0.789. The Morgan fingerprint density at radius 3 is 2.81 bits per heavy atom. The predicted molar refractivity (Wildman–Crippen MR) is 63.3 cm³/mol. The van der Waals surface area contributed by atoms with Gasteiger partial charge in [0.2, 0.25) is 0 Å². The van der Waals surface area contributed by atoms with Gasteiger partial charge in [0.15, 0.2) is 0 Å². The molecule has 0 bridgehead atoms. The van der Waals surface area contributed by atoms with Crippen LogP contribution in [-0.2, 0) is 4.79 Å². The van der Waals surface area contributed by atoms with Crippen molar-refractivity contribution in [3.8, 4) is 0 Å². The van der Waals surface area contributed by atoms with Gasteiger partial charge in [-0.2, -0.15) is 10.2 Å². The summed E-state index contributed by atoms with van der Waals surface area (Å²) >= 11 is 0. The Morgan fingerprint density at radius 1 is 1.38 bits per heavy atom. The molecule has 1 heterocycles. The molecule has 0 spiro atoms. The van der Waals surface area contributed by atoms with Gasteiger partial charge in [-0.05, 0) is 25.0 Å². The number of rotatable bonds is 3. The van der Waals surface area contributed by atoms with E-state index in [4.69, 9.17) is 0 Å². The minimum atomic E-state index is -0.0691. The molecule has 1 aromatic heterocycles. The fourth-order valence-corrected chi connectivity index (χ4v) is 2.03. The number of hydrogen-bond donors (Lipinski definition) is 0. The minimum Gasteiger partial charge on any atom is -0.299 e. The average Bonchev–Trinajstić information content (AvgIpc) is 2.30. The van der Waals surface area contributed by atoms with E-state index in [1.165, 1.54) is 0 Å². The number of hydrogen-bond acceptors (Lipinski definition) is 3. The number of nitrogens with zero attached hydrogens (tertiary/aromatic N) is 2. The smallest absolute Gasteiger partial charge is 0.137 e. The zero-order valence-electron chi connectivity index (χ0n) is 9.47. The largest absolute Gasteiger partial charge is 0.299 e. The molecule has 0 aliphatic rings. The zero-order chi connectivity index (χ0) is 11.5. The number of fused-ring (bicyclic) bond motifs is 1. The topological polar surface area (TPSA) is 42.9 Å². The highest BCUT2D eigenvalue weighted by molar-refractivity contribution is 5.90. The molecule has 0 aliphatic carbocycles. The summed E-state index contributed by atoms with van der Waals surface area (Å²) in [6.45, 7) is 3.64. The Bertz CT molecular complexity index is 517. The number of aromatic nitrogens is 2. The van der Waals surface area contributed by atoms with E-state index in [1.807, 2.05) is 31.2 Å². The number of Topliss-reactive ketones (excluding diaryl/α,β-unsaturated/α-hetero) is 1. The summed E-state index contributed by atoms with van der Waals surface area (Å²) in [7, 11) is 0. The van der Waals surface area contributed by atoms with Crippen molar-refractivity contribution in [3.05, 3.63) is 36.0 Å². The molecule has 2 aromatic rings. The summed E-state index contributed by atoms with van der Waals surface area (Å²) in [5, 5.41) is 9.05. The van der Waals surface area contributed by atoms with Gasteiger partial charge in [0.25, 0.3) is 0 Å². The normalized spacial score (nSPS) is 12.6. The van der Waals surface area contributed by atoms with Gasteiger partial charge < -0.3 is 0 Å². The Balaban J connectivity index is 2.63. The second-order valence-electron chi connectivity index (χ2n) is 3.89. The lowest BCUT2D eigenvalue weighted by Gasteiger charge is -2.13. The second kappa shape index (κ2) is 4.39. The summed E-state index contributed by atoms with van der Waals surface area (Å²) in [6, 6.07) is 7.79. The molecule has 2 rings (SSSR count). The molecule has 3 nitrogen and oxygen atoms in total. The van der Waals surface area contributed by atoms with Crippen molar-refractivity contribution < 1.29 is 4.79 Å². The van der Waals surface area contributed by atoms with Gasteiger partial charge in [-0.1, -0.05) is 25.1 Å². The van der Waals surface area contributed by atoms with Crippen LogP contribution < -0.4 is 0 Å². The maximum absolute atomic E-state index is 11.6. The number of ketones is 1. The second-order valence-corrected chi connectivity index (χ2v) is 3.89. The Labute approximate surface area is 94.5 Å². The zero-order valence-corrected chi connectivity index (χ0v) is 9.47. The first kappa shape index (κ1) is 10.7. The summed E-state index contributed by atoms with van der Waals surface area (Å²) in [4.78, 5) is 11.6. The monoisotopic (exact) mass is 214 g/mol. The lowest BCUT2D eigenvalue weighted by Crippen LogP contribution is -2.09. The third-order valence-electron chi connectivity index (χ3n) is 2.85. The molecular weight excluding hydrogens is 200 g/mol. The van der Waals surface area contributed by atoms with Crippen LogP contribution in [0.1, 0.15) is 31.7 Å². The molecule has 0 amide bonds. The Morgan fingerprint density at radius 2 is 2.12 bits per heavy atom. The molecule has 82 valence electrons. The summed E-state index contributed by atoms with van der Waals surface area (Å²) in [6.07, 6.45) is 2.50. The summed E-state index contributed by atoms with van der Waals surface area (Å²) in [5.74, 6) is 0.112. The average molecular weight is 214 g/mol. The summed E-state index contributed by atoms with van der Waals surface area (Å²) < 4.78 is 0.